The van der Waals surface area contributed by atoms with Gasteiger partial charge in [-0.2, -0.15) is 0 Å². The van der Waals surface area contributed by atoms with Gasteiger partial charge in [0.1, 0.15) is 11.5 Å². The number of rotatable bonds is 0. The predicted molar refractivity (Wildman–Crippen MR) is 71.1 cm³/mol. The molecule has 0 saturated heterocycles. The van der Waals surface area contributed by atoms with Gasteiger partial charge in [-0.25, -0.2) is 9.37 Å². The molecule has 1 aliphatic rings. The highest BCUT2D eigenvalue weighted by molar-refractivity contribution is 9.10. The summed E-state index contributed by atoms with van der Waals surface area (Å²) in [6, 6.07) is 9.35. The standard InChI is InChI=1S/C14H8BrFN2/c15-9-2-1-8-5-12-14(11(8)6-9)17-13-4-3-10(16)7-18(12)13/h1-4,6-7H,5H2. The van der Waals surface area contributed by atoms with Crippen LogP contribution in [0.4, 0.5) is 4.39 Å². The fourth-order valence-electron chi connectivity index (χ4n) is 2.56. The van der Waals surface area contributed by atoms with Crippen molar-refractivity contribution in [2.45, 2.75) is 6.42 Å². The molecule has 1 aromatic carbocycles. The Labute approximate surface area is 111 Å². The highest BCUT2D eigenvalue weighted by Gasteiger charge is 2.24. The van der Waals surface area contributed by atoms with Gasteiger partial charge in [0.15, 0.2) is 0 Å². The summed E-state index contributed by atoms with van der Waals surface area (Å²) >= 11 is 3.48. The number of pyridine rings is 1. The molecule has 88 valence electrons. The summed E-state index contributed by atoms with van der Waals surface area (Å²) in [4.78, 5) is 4.59. The van der Waals surface area contributed by atoms with Crippen molar-refractivity contribution in [1.29, 1.82) is 0 Å². The van der Waals surface area contributed by atoms with Gasteiger partial charge in [-0.05, 0) is 29.8 Å². The van der Waals surface area contributed by atoms with Crippen LogP contribution in [0, 0.1) is 5.82 Å². The molecule has 1 aliphatic carbocycles. The van der Waals surface area contributed by atoms with Gasteiger partial charge in [-0.15, -0.1) is 0 Å². The van der Waals surface area contributed by atoms with Crippen molar-refractivity contribution in [1.82, 2.24) is 9.38 Å². The van der Waals surface area contributed by atoms with Crippen molar-refractivity contribution < 1.29 is 4.39 Å². The Morgan fingerprint density at radius 1 is 1.22 bits per heavy atom. The smallest absolute Gasteiger partial charge is 0.139 e. The van der Waals surface area contributed by atoms with Crippen LogP contribution >= 0.6 is 15.9 Å². The van der Waals surface area contributed by atoms with E-state index in [2.05, 4.69) is 33.0 Å². The molecule has 0 amide bonds. The van der Waals surface area contributed by atoms with Crippen LogP contribution in [0.25, 0.3) is 16.9 Å². The Kier molecular flexibility index (Phi) is 1.95. The summed E-state index contributed by atoms with van der Waals surface area (Å²) in [6.07, 6.45) is 2.31. The molecule has 2 aromatic heterocycles. The zero-order valence-corrected chi connectivity index (χ0v) is 10.9. The third kappa shape index (κ3) is 1.29. The molecule has 2 nitrogen and oxygen atoms in total. The van der Waals surface area contributed by atoms with Crippen LogP contribution in [0.1, 0.15) is 11.3 Å². The van der Waals surface area contributed by atoms with Crippen molar-refractivity contribution in [3.63, 3.8) is 0 Å². The summed E-state index contributed by atoms with van der Waals surface area (Å²) < 4.78 is 16.2. The van der Waals surface area contributed by atoms with Gasteiger partial charge >= 0.3 is 0 Å². The number of hydrogen-bond acceptors (Lipinski definition) is 1. The van der Waals surface area contributed by atoms with Crippen molar-refractivity contribution >= 4 is 21.6 Å². The van der Waals surface area contributed by atoms with Crippen LogP contribution in [0.15, 0.2) is 41.0 Å². The van der Waals surface area contributed by atoms with E-state index < -0.39 is 0 Å². The molecule has 0 spiro atoms. The summed E-state index contributed by atoms with van der Waals surface area (Å²) in [5, 5.41) is 0. The van der Waals surface area contributed by atoms with Crippen molar-refractivity contribution in [2.24, 2.45) is 0 Å². The van der Waals surface area contributed by atoms with Crippen LogP contribution in [0.3, 0.4) is 0 Å². The van der Waals surface area contributed by atoms with E-state index in [1.54, 1.807) is 6.07 Å². The lowest BCUT2D eigenvalue weighted by atomic mass is 10.1. The lowest BCUT2D eigenvalue weighted by Crippen LogP contribution is -1.92. The highest BCUT2D eigenvalue weighted by atomic mass is 79.9. The fourth-order valence-corrected chi connectivity index (χ4v) is 2.92. The van der Waals surface area contributed by atoms with Gasteiger partial charge in [0.05, 0.1) is 11.4 Å². The molecular formula is C14H8BrFN2. The average molecular weight is 303 g/mol. The molecule has 0 unspecified atom stereocenters. The first-order valence-corrected chi connectivity index (χ1v) is 6.47. The number of halogens is 2. The maximum absolute atomic E-state index is 13.3. The minimum atomic E-state index is -0.236. The minimum absolute atomic E-state index is 0.236. The number of fused-ring (bicyclic) bond motifs is 5. The average Bonchev–Trinajstić information content (AvgIpc) is 2.86. The Morgan fingerprint density at radius 2 is 2.11 bits per heavy atom. The number of hydrogen-bond donors (Lipinski definition) is 0. The normalized spacial score (nSPS) is 12.8. The van der Waals surface area contributed by atoms with E-state index in [4.69, 9.17) is 0 Å². The SMILES string of the molecule is Fc1ccc2nc3c(n2c1)Cc1ccc(Br)cc1-3. The fraction of sp³-hybridized carbons (Fsp3) is 0.0714. The van der Waals surface area contributed by atoms with Crippen LogP contribution < -0.4 is 0 Å². The van der Waals surface area contributed by atoms with E-state index in [1.807, 2.05) is 10.5 Å². The van der Waals surface area contributed by atoms with Gasteiger partial charge in [-0.3, -0.25) is 0 Å². The molecule has 4 rings (SSSR count). The Bertz CT molecular complexity index is 792. The molecule has 18 heavy (non-hydrogen) atoms. The van der Waals surface area contributed by atoms with E-state index >= 15 is 0 Å². The van der Waals surface area contributed by atoms with Crippen molar-refractivity contribution in [3.05, 3.63) is 58.1 Å². The molecule has 0 atom stereocenters. The van der Waals surface area contributed by atoms with Crippen LogP contribution in [0.5, 0.6) is 0 Å². The third-order valence-corrected chi connectivity index (χ3v) is 3.86. The summed E-state index contributed by atoms with van der Waals surface area (Å²) in [5.41, 5.74) is 5.22. The lowest BCUT2D eigenvalue weighted by molar-refractivity contribution is 0.618. The van der Waals surface area contributed by atoms with E-state index in [9.17, 15) is 4.39 Å². The second kappa shape index (κ2) is 3.42. The molecule has 4 heteroatoms. The second-order valence-electron chi connectivity index (χ2n) is 4.46. The summed E-state index contributed by atoms with van der Waals surface area (Å²) in [5.74, 6) is -0.236. The van der Waals surface area contributed by atoms with Gasteiger partial charge in [0.25, 0.3) is 0 Å². The van der Waals surface area contributed by atoms with Gasteiger partial charge < -0.3 is 4.40 Å². The quantitative estimate of drug-likeness (QED) is 0.483. The monoisotopic (exact) mass is 302 g/mol. The second-order valence-corrected chi connectivity index (χ2v) is 5.38. The molecule has 0 fully saturated rings. The molecule has 0 aliphatic heterocycles. The first kappa shape index (κ1) is 10.3. The first-order valence-electron chi connectivity index (χ1n) is 5.68. The number of imidazole rings is 1. The molecule has 0 bridgehead atoms. The zero-order valence-electron chi connectivity index (χ0n) is 9.32. The topological polar surface area (TPSA) is 17.3 Å². The lowest BCUT2D eigenvalue weighted by Gasteiger charge is -2.00. The largest absolute Gasteiger partial charge is 0.300 e. The zero-order chi connectivity index (χ0) is 12.3. The third-order valence-electron chi connectivity index (χ3n) is 3.37. The Balaban J connectivity index is 2.06. The Morgan fingerprint density at radius 3 is 3.00 bits per heavy atom. The molecule has 0 saturated carbocycles. The first-order chi connectivity index (χ1) is 8.72. The van der Waals surface area contributed by atoms with Crippen LogP contribution in [-0.2, 0) is 6.42 Å². The Hall–Kier alpha value is -1.68. The molecule has 0 radical (unpaired) electrons. The number of nitrogens with zero attached hydrogens (tertiary/aromatic N) is 2. The molecule has 3 aromatic rings. The molecule has 2 heterocycles. The van der Waals surface area contributed by atoms with E-state index in [0.29, 0.717) is 0 Å². The summed E-state index contributed by atoms with van der Waals surface area (Å²) in [7, 11) is 0. The van der Waals surface area contributed by atoms with E-state index in [0.717, 1.165) is 33.5 Å². The van der Waals surface area contributed by atoms with Gasteiger partial charge in [-0.1, -0.05) is 22.0 Å². The number of aromatic nitrogens is 2. The number of benzene rings is 1. The van der Waals surface area contributed by atoms with E-state index in [1.165, 1.54) is 17.8 Å². The van der Waals surface area contributed by atoms with Crippen molar-refractivity contribution in [2.75, 3.05) is 0 Å². The molecule has 0 N–H and O–H groups in total. The van der Waals surface area contributed by atoms with Gasteiger partial charge in [0.2, 0.25) is 0 Å². The van der Waals surface area contributed by atoms with Crippen molar-refractivity contribution in [3.8, 4) is 11.3 Å². The maximum atomic E-state index is 13.3. The molecular weight excluding hydrogens is 295 g/mol. The summed E-state index contributed by atoms with van der Waals surface area (Å²) in [6.45, 7) is 0. The highest BCUT2D eigenvalue weighted by Crippen LogP contribution is 2.37. The predicted octanol–water partition coefficient (Wildman–Crippen LogP) is 3.81. The van der Waals surface area contributed by atoms with Crippen LogP contribution in [-0.4, -0.2) is 9.38 Å². The van der Waals surface area contributed by atoms with E-state index in [-0.39, 0.29) is 5.82 Å². The maximum Gasteiger partial charge on any atom is 0.139 e. The minimum Gasteiger partial charge on any atom is -0.300 e. The van der Waals surface area contributed by atoms with Gasteiger partial charge in [0, 0.05) is 22.7 Å². The van der Waals surface area contributed by atoms with Crippen LogP contribution in [0.2, 0.25) is 0 Å².